The third-order valence-electron chi connectivity index (χ3n) is 3.18. The molecule has 1 aliphatic heterocycles. The zero-order valence-electron chi connectivity index (χ0n) is 11.3. The topological polar surface area (TPSA) is 18.5 Å². The normalized spacial score (nSPS) is 16.4. The Morgan fingerprint density at radius 1 is 1.27 bits per heavy atom. The van der Waals surface area contributed by atoms with Gasteiger partial charge in [0.25, 0.3) is 0 Å². The molecule has 1 aromatic carbocycles. The third-order valence-corrected chi connectivity index (χ3v) is 3.56. The summed E-state index contributed by atoms with van der Waals surface area (Å²) in [5.41, 5.74) is -2.85. The van der Waals surface area contributed by atoms with Crippen LogP contribution in [0.3, 0.4) is 0 Å². The maximum absolute atomic E-state index is 13.2. The minimum atomic E-state index is -4.57. The summed E-state index contributed by atoms with van der Waals surface area (Å²) in [4.78, 5) is 0. The fourth-order valence-corrected chi connectivity index (χ4v) is 2.21. The molecule has 0 aliphatic carbocycles. The molecule has 1 aliphatic rings. The van der Waals surface area contributed by atoms with Crippen molar-refractivity contribution in [2.45, 2.75) is 11.8 Å². The average molecular weight is 338 g/mol. The van der Waals surface area contributed by atoms with E-state index in [0.29, 0.717) is 0 Å². The van der Waals surface area contributed by atoms with E-state index in [1.165, 1.54) is 7.11 Å². The summed E-state index contributed by atoms with van der Waals surface area (Å²) in [6.07, 6.45) is -3.54. The maximum Gasteiger partial charge on any atom is 0.416 e. The van der Waals surface area contributed by atoms with Crippen molar-refractivity contribution in [2.24, 2.45) is 0 Å². The standard InChI is InChI=1S/C14H11F5O2S/c1-20-12(22)10-5-13(6-15,7-16)21-11-3-2-8(4-9(10)11)14(17,18)19/h2-5H,6-7H2,1H3. The first-order valence-corrected chi connectivity index (χ1v) is 6.51. The molecule has 8 heteroatoms. The first kappa shape index (κ1) is 16.7. The predicted molar refractivity (Wildman–Crippen MR) is 74.3 cm³/mol. The van der Waals surface area contributed by atoms with Crippen molar-refractivity contribution in [1.29, 1.82) is 0 Å². The lowest BCUT2D eigenvalue weighted by Gasteiger charge is -2.33. The molecular weight excluding hydrogens is 327 g/mol. The largest absolute Gasteiger partial charge is 0.486 e. The molecule has 0 amide bonds. The lowest BCUT2D eigenvalue weighted by Crippen LogP contribution is -2.41. The minimum Gasteiger partial charge on any atom is -0.486 e. The number of fused-ring (bicyclic) bond motifs is 1. The Labute approximate surface area is 128 Å². The van der Waals surface area contributed by atoms with E-state index in [4.69, 9.17) is 21.7 Å². The van der Waals surface area contributed by atoms with Gasteiger partial charge in [0.1, 0.15) is 19.1 Å². The molecule has 0 saturated heterocycles. The van der Waals surface area contributed by atoms with Crippen molar-refractivity contribution in [1.82, 2.24) is 0 Å². The van der Waals surface area contributed by atoms with E-state index in [-0.39, 0.29) is 21.9 Å². The Balaban J connectivity index is 2.62. The molecule has 0 bridgehead atoms. The molecule has 0 radical (unpaired) electrons. The van der Waals surface area contributed by atoms with Gasteiger partial charge < -0.3 is 9.47 Å². The van der Waals surface area contributed by atoms with Crippen LogP contribution in [0.1, 0.15) is 11.1 Å². The number of hydrogen-bond acceptors (Lipinski definition) is 3. The number of rotatable bonds is 3. The van der Waals surface area contributed by atoms with Gasteiger partial charge >= 0.3 is 6.18 Å². The lowest BCUT2D eigenvalue weighted by atomic mass is 9.93. The van der Waals surface area contributed by atoms with Gasteiger partial charge in [0.2, 0.25) is 0 Å². The fourth-order valence-electron chi connectivity index (χ4n) is 2.04. The molecule has 120 valence electrons. The van der Waals surface area contributed by atoms with Crippen LogP contribution in [0.2, 0.25) is 0 Å². The molecule has 0 fully saturated rings. The van der Waals surface area contributed by atoms with E-state index in [2.05, 4.69) is 0 Å². The van der Waals surface area contributed by atoms with Crippen molar-refractivity contribution >= 4 is 22.8 Å². The Kier molecular flexibility index (Phi) is 4.42. The molecule has 0 N–H and O–H groups in total. The van der Waals surface area contributed by atoms with E-state index in [1.807, 2.05) is 0 Å². The molecular formula is C14H11F5O2S. The number of thiocarbonyl (C=S) groups is 1. The van der Waals surface area contributed by atoms with Crippen LogP contribution in [0, 0.1) is 0 Å². The molecule has 1 heterocycles. The van der Waals surface area contributed by atoms with Gasteiger partial charge in [-0.1, -0.05) is 0 Å². The lowest BCUT2D eigenvalue weighted by molar-refractivity contribution is -0.137. The highest BCUT2D eigenvalue weighted by Gasteiger charge is 2.39. The van der Waals surface area contributed by atoms with Crippen LogP contribution >= 0.6 is 12.2 Å². The van der Waals surface area contributed by atoms with E-state index < -0.39 is 30.7 Å². The zero-order valence-corrected chi connectivity index (χ0v) is 12.2. The second-order valence-corrected chi connectivity index (χ2v) is 5.06. The van der Waals surface area contributed by atoms with Gasteiger partial charge in [-0.2, -0.15) is 13.2 Å². The fraction of sp³-hybridized carbons (Fsp3) is 0.357. The summed E-state index contributed by atoms with van der Waals surface area (Å²) in [5, 5.41) is -0.171. The zero-order chi connectivity index (χ0) is 16.5. The van der Waals surface area contributed by atoms with Crippen molar-refractivity contribution < 1.29 is 31.4 Å². The van der Waals surface area contributed by atoms with Crippen LogP contribution < -0.4 is 4.74 Å². The quantitative estimate of drug-likeness (QED) is 0.610. The van der Waals surface area contributed by atoms with Crippen LogP contribution in [-0.4, -0.2) is 31.1 Å². The molecule has 0 saturated carbocycles. The van der Waals surface area contributed by atoms with Gasteiger partial charge in [0.15, 0.2) is 10.7 Å². The molecule has 0 spiro atoms. The van der Waals surface area contributed by atoms with E-state index >= 15 is 0 Å². The first-order valence-electron chi connectivity index (χ1n) is 6.10. The van der Waals surface area contributed by atoms with Crippen LogP contribution in [0.15, 0.2) is 24.3 Å². The molecule has 0 atom stereocenters. The molecule has 2 rings (SSSR count). The van der Waals surface area contributed by atoms with Gasteiger partial charge in [0, 0.05) is 11.1 Å². The summed E-state index contributed by atoms with van der Waals surface area (Å²) in [6.45, 7) is -2.39. The minimum absolute atomic E-state index is 0.000139. The smallest absolute Gasteiger partial charge is 0.416 e. The van der Waals surface area contributed by atoms with Crippen LogP contribution in [0.5, 0.6) is 5.75 Å². The second-order valence-electron chi connectivity index (χ2n) is 4.69. The highest BCUT2D eigenvalue weighted by Crippen LogP contribution is 2.41. The van der Waals surface area contributed by atoms with Crippen molar-refractivity contribution in [3.05, 3.63) is 35.4 Å². The average Bonchev–Trinajstić information content (AvgIpc) is 2.51. The third kappa shape index (κ3) is 2.92. The van der Waals surface area contributed by atoms with Crippen LogP contribution in [-0.2, 0) is 10.9 Å². The van der Waals surface area contributed by atoms with Crippen molar-refractivity contribution in [3.63, 3.8) is 0 Å². The highest BCUT2D eigenvalue weighted by molar-refractivity contribution is 7.81. The summed E-state index contributed by atoms with van der Waals surface area (Å²) in [5.74, 6) is -0.0831. The van der Waals surface area contributed by atoms with Crippen molar-refractivity contribution in [3.8, 4) is 5.75 Å². The number of alkyl halides is 5. The summed E-state index contributed by atoms with van der Waals surface area (Å²) in [6, 6.07) is 2.61. The van der Waals surface area contributed by atoms with E-state index in [9.17, 15) is 22.0 Å². The SMILES string of the molecule is COC(=S)C1=CC(CF)(CF)Oc2ccc(C(F)(F)F)cc21. The molecule has 0 unspecified atom stereocenters. The second kappa shape index (κ2) is 5.83. The summed E-state index contributed by atoms with van der Waals surface area (Å²) < 4.78 is 74.8. The predicted octanol–water partition coefficient (Wildman–Crippen LogP) is 4.13. The monoisotopic (exact) mass is 338 g/mol. The first-order chi connectivity index (χ1) is 10.3. The van der Waals surface area contributed by atoms with E-state index in [0.717, 1.165) is 24.3 Å². The number of hydrogen-bond donors (Lipinski definition) is 0. The van der Waals surface area contributed by atoms with Gasteiger partial charge in [-0.15, -0.1) is 0 Å². The Morgan fingerprint density at radius 2 is 1.91 bits per heavy atom. The number of benzene rings is 1. The molecule has 22 heavy (non-hydrogen) atoms. The summed E-state index contributed by atoms with van der Waals surface area (Å²) >= 11 is 4.91. The van der Waals surface area contributed by atoms with Gasteiger partial charge in [-0.05, 0) is 36.5 Å². The Bertz CT molecular complexity index is 620. The summed E-state index contributed by atoms with van der Waals surface area (Å²) in [7, 11) is 1.22. The molecule has 1 aromatic rings. The Morgan fingerprint density at radius 3 is 2.41 bits per heavy atom. The Hall–Kier alpha value is -1.70. The van der Waals surface area contributed by atoms with Gasteiger partial charge in [-0.25, -0.2) is 8.78 Å². The molecule has 0 aromatic heterocycles. The number of halogens is 5. The van der Waals surface area contributed by atoms with Crippen LogP contribution in [0.4, 0.5) is 22.0 Å². The number of ether oxygens (including phenoxy) is 2. The van der Waals surface area contributed by atoms with Gasteiger partial charge in [-0.3, -0.25) is 0 Å². The maximum atomic E-state index is 13.2. The van der Waals surface area contributed by atoms with E-state index in [1.54, 1.807) is 0 Å². The number of methoxy groups -OCH3 is 1. The van der Waals surface area contributed by atoms with Gasteiger partial charge in [0.05, 0.1) is 12.7 Å². The molecule has 2 nitrogen and oxygen atoms in total. The van der Waals surface area contributed by atoms with Crippen molar-refractivity contribution in [2.75, 3.05) is 20.5 Å². The highest BCUT2D eigenvalue weighted by atomic mass is 32.1. The van der Waals surface area contributed by atoms with Crippen LogP contribution in [0.25, 0.3) is 5.57 Å².